The molecular formula is C26H19BrClN3O4. The minimum Gasteiger partial charge on any atom is -0.490 e. The Hall–Kier alpha value is -3.80. The van der Waals surface area contributed by atoms with Gasteiger partial charge in [-0.1, -0.05) is 29.8 Å². The molecule has 3 aromatic rings. The van der Waals surface area contributed by atoms with Crippen molar-refractivity contribution in [2.24, 2.45) is 0 Å². The summed E-state index contributed by atoms with van der Waals surface area (Å²) in [6.07, 6.45) is 1.57. The molecule has 1 aliphatic heterocycles. The summed E-state index contributed by atoms with van der Waals surface area (Å²) in [6.45, 7) is 2.41. The number of imide groups is 1. The van der Waals surface area contributed by atoms with E-state index >= 15 is 0 Å². The lowest BCUT2D eigenvalue weighted by Gasteiger charge is -2.15. The highest BCUT2D eigenvalue weighted by atomic mass is 79.9. The molecule has 0 radical (unpaired) electrons. The molecule has 3 amide bonds. The second-order valence-corrected chi connectivity index (χ2v) is 8.72. The van der Waals surface area contributed by atoms with Gasteiger partial charge in [0.05, 0.1) is 28.4 Å². The lowest BCUT2D eigenvalue weighted by molar-refractivity contribution is -0.113. The number of benzene rings is 3. The van der Waals surface area contributed by atoms with Gasteiger partial charge in [0, 0.05) is 10.6 Å². The van der Waals surface area contributed by atoms with Crippen LogP contribution in [0.2, 0.25) is 5.02 Å². The van der Waals surface area contributed by atoms with E-state index in [0.29, 0.717) is 44.4 Å². The van der Waals surface area contributed by atoms with Gasteiger partial charge in [0.2, 0.25) is 0 Å². The Kier molecular flexibility index (Phi) is 7.39. The van der Waals surface area contributed by atoms with E-state index in [2.05, 4.69) is 27.3 Å². The third-order valence-corrected chi connectivity index (χ3v) is 5.96. The fraction of sp³-hybridized carbons (Fsp3) is 0.115. The molecule has 4 rings (SSSR count). The van der Waals surface area contributed by atoms with E-state index in [0.717, 1.165) is 10.5 Å². The third kappa shape index (κ3) is 5.32. The maximum absolute atomic E-state index is 12.9. The first-order chi connectivity index (χ1) is 16.9. The average Bonchev–Trinajstić information content (AvgIpc) is 3.12. The molecule has 0 unspecified atom stereocenters. The first-order valence-electron chi connectivity index (χ1n) is 10.6. The van der Waals surface area contributed by atoms with Gasteiger partial charge in [0.25, 0.3) is 5.91 Å². The number of hydrogen-bond acceptors (Lipinski definition) is 5. The predicted octanol–water partition coefficient (Wildman–Crippen LogP) is 6.05. The number of nitriles is 1. The lowest BCUT2D eigenvalue weighted by Crippen LogP contribution is -2.30. The molecule has 1 N–H and O–H groups in total. The first-order valence-corrected chi connectivity index (χ1v) is 11.8. The van der Waals surface area contributed by atoms with Gasteiger partial charge in [-0.05, 0) is 77.0 Å². The maximum Gasteiger partial charge on any atom is 0.333 e. The van der Waals surface area contributed by atoms with Gasteiger partial charge < -0.3 is 14.8 Å². The second kappa shape index (κ2) is 10.6. The van der Waals surface area contributed by atoms with Crippen LogP contribution < -0.4 is 19.7 Å². The number of carbonyl (C=O) groups excluding carboxylic acids is 2. The molecule has 9 heteroatoms. The van der Waals surface area contributed by atoms with Crippen LogP contribution in [0, 0.1) is 11.3 Å². The fourth-order valence-electron chi connectivity index (χ4n) is 3.51. The summed E-state index contributed by atoms with van der Waals surface area (Å²) in [5.74, 6) is 0.431. The van der Waals surface area contributed by atoms with Crippen LogP contribution in [0.25, 0.3) is 6.08 Å². The van der Waals surface area contributed by atoms with E-state index in [-0.39, 0.29) is 12.3 Å². The summed E-state index contributed by atoms with van der Waals surface area (Å²) in [4.78, 5) is 26.5. The van der Waals surface area contributed by atoms with E-state index < -0.39 is 11.9 Å². The summed E-state index contributed by atoms with van der Waals surface area (Å²) >= 11 is 9.43. The van der Waals surface area contributed by atoms with Crippen molar-refractivity contribution in [2.75, 3.05) is 11.5 Å². The Labute approximate surface area is 215 Å². The van der Waals surface area contributed by atoms with Crippen molar-refractivity contribution in [3.8, 4) is 17.6 Å². The van der Waals surface area contributed by atoms with E-state index in [1.54, 1.807) is 54.6 Å². The monoisotopic (exact) mass is 551 g/mol. The van der Waals surface area contributed by atoms with Gasteiger partial charge in [-0.3, -0.25) is 4.79 Å². The summed E-state index contributed by atoms with van der Waals surface area (Å²) in [7, 11) is 0. The van der Waals surface area contributed by atoms with Crippen LogP contribution in [0.1, 0.15) is 23.6 Å². The van der Waals surface area contributed by atoms with Gasteiger partial charge in [-0.2, -0.15) is 5.26 Å². The SMILES string of the molecule is CCOc1cc(/C=C2/NC(=O)N(c3ccc(Cl)cc3)C2=O)cc(Br)c1OCc1ccccc1C#N. The predicted molar refractivity (Wildman–Crippen MR) is 136 cm³/mol. The van der Waals surface area contributed by atoms with Gasteiger partial charge in [-0.25, -0.2) is 9.69 Å². The fourth-order valence-corrected chi connectivity index (χ4v) is 4.21. The van der Waals surface area contributed by atoms with Crippen molar-refractivity contribution in [1.82, 2.24) is 5.32 Å². The lowest BCUT2D eigenvalue weighted by atomic mass is 10.1. The number of halogens is 2. The smallest absolute Gasteiger partial charge is 0.333 e. The number of carbonyl (C=O) groups is 2. The number of anilines is 1. The zero-order chi connectivity index (χ0) is 24.9. The van der Waals surface area contributed by atoms with Crippen LogP contribution in [-0.4, -0.2) is 18.5 Å². The van der Waals surface area contributed by atoms with Crippen LogP contribution in [0.15, 0.2) is 70.8 Å². The minimum atomic E-state index is -0.552. The Morgan fingerprint density at radius 2 is 1.86 bits per heavy atom. The van der Waals surface area contributed by atoms with Crippen LogP contribution >= 0.6 is 27.5 Å². The number of nitrogens with one attached hydrogen (secondary N) is 1. The highest BCUT2D eigenvalue weighted by molar-refractivity contribution is 9.10. The molecule has 3 aromatic carbocycles. The van der Waals surface area contributed by atoms with Crippen LogP contribution in [-0.2, 0) is 11.4 Å². The Morgan fingerprint density at radius 1 is 1.11 bits per heavy atom. The van der Waals surface area contributed by atoms with Crippen molar-refractivity contribution in [3.05, 3.63) is 92.5 Å². The standard InChI is InChI=1S/C26H19BrClN3O4/c1-2-34-23-13-16(11-21(27)24(23)35-15-18-6-4-3-5-17(18)14-29)12-22-25(32)31(26(33)30-22)20-9-7-19(28)8-10-20/h3-13H,2,15H2,1H3,(H,30,33)/b22-12+. The number of amides is 3. The zero-order valence-corrected chi connectivity index (χ0v) is 20.9. The number of urea groups is 1. The molecule has 1 saturated heterocycles. The van der Waals surface area contributed by atoms with Crippen LogP contribution in [0.3, 0.4) is 0 Å². The molecule has 0 atom stereocenters. The van der Waals surface area contributed by atoms with Crippen molar-refractivity contribution in [2.45, 2.75) is 13.5 Å². The maximum atomic E-state index is 12.9. The quantitative estimate of drug-likeness (QED) is 0.285. The van der Waals surface area contributed by atoms with Gasteiger partial charge in [-0.15, -0.1) is 0 Å². The van der Waals surface area contributed by atoms with Gasteiger partial charge >= 0.3 is 6.03 Å². The molecule has 0 saturated carbocycles. The van der Waals surface area contributed by atoms with Crippen molar-refractivity contribution < 1.29 is 19.1 Å². The number of rotatable bonds is 7. The van der Waals surface area contributed by atoms with Crippen LogP contribution in [0.4, 0.5) is 10.5 Å². The Bertz CT molecular complexity index is 1370. The third-order valence-electron chi connectivity index (χ3n) is 5.12. The van der Waals surface area contributed by atoms with Crippen molar-refractivity contribution >= 4 is 51.2 Å². The summed E-state index contributed by atoms with van der Waals surface area (Å²) in [6, 6.07) is 18.7. The zero-order valence-electron chi connectivity index (χ0n) is 18.5. The van der Waals surface area contributed by atoms with E-state index in [9.17, 15) is 14.9 Å². The highest BCUT2D eigenvalue weighted by Crippen LogP contribution is 2.38. The topological polar surface area (TPSA) is 91.7 Å². The minimum absolute atomic E-state index is 0.121. The van der Waals surface area contributed by atoms with E-state index in [1.165, 1.54) is 0 Å². The van der Waals surface area contributed by atoms with E-state index in [1.807, 2.05) is 19.1 Å². The molecule has 1 heterocycles. The number of nitrogens with zero attached hydrogens (tertiary/aromatic N) is 2. The van der Waals surface area contributed by atoms with Gasteiger partial charge in [0.15, 0.2) is 11.5 Å². The second-order valence-electron chi connectivity index (χ2n) is 7.43. The van der Waals surface area contributed by atoms with E-state index in [4.69, 9.17) is 21.1 Å². The summed E-state index contributed by atoms with van der Waals surface area (Å²) < 4.78 is 12.4. The molecule has 1 fully saturated rings. The molecule has 0 aromatic heterocycles. The number of ether oxygens (including phenoxy) is 2. The Balaban J connectivity index is 1.61. The van der Waals surface area contributed by atoms with Crippen molar-refractivity contribution in [1.29, 1.82) is 5.26 Å². The Morgan fingerprint density at radius 3 is 2.57 bits per heavy atom. The number of hydrogen-bond donors (Lipinski definition) is 1. The molecule has 0 aliphatic carbocycles. The molecule has 35 heavy (non-hydrogen) atoms. The highest BCUT2D eigenvalue weighted by Gasteiger charge is 2.34. The molecule has 7 nitrogen and oxygen atoms in total. The molecule has 1 aliphatic rings. The normalized spacial score (nSPS) is 14.1. The molecular weight excluding hydrogens is 534 g/mol. The molecule has 176 valence electrons. The molecule has 0 spiro atoms. The summed E-state index contributed by atoms with van der Waals surface area (Å²) in [5, 5.41) is 12.4. The largest absolute Gasteiger partial charge is 0.490 e. The average molecular weight is 553 g/mol. The summed E-state index contributed by atoms with van der Waals surface area (Å²) in [5.41, 5.74) is 2.43. The molecule has 0 bridgehead atoms. The van der Waals surface area contributed by atoms with Crippen LogP contribution in [0.5, 0.6) is 11.5 Å². The first kappa shape index (κ1) is 24.3. The van der Waals surface area contributed by atoms with Crippen molar-refractivity contribution in [3.63, 3.8) is 0 Å². The van der Waals surface area contributed by atoms with Gasteiger partial charge in [0.1, 0.15) is 12.3 Å².